The zero-order valence-corrected chi connectivity index (χ0v) is 34.4. The van der Waals surface area contributed by atoms with Crippen LogP contribution in [0.3, 0.4) is 0 Å². The van der Waals surface area contributed by atoms with Gasteiger partial charge in [0, 0.05) is 23.6 Å². The average molecular weight is 727 g/mol. The van der Waals surface area contributed by atoms with Crippen molar-refractivity contribution < 1.29 is 57.5 Å². The Morgan fingerprint density at radius 2 is 1.52 bits per heavy atom. The van der Waals surface area contributed by atoms with E-state index in [2.05, 4.69) is 25.8 Å². The number of hydrogen-bond acceptors (Lipinski definition) is 9. The van der Waals surface area contributed by atoms with Crippen LogP contribution in [0.1, 0.15) is 155 Å². The molecule has 274 valence electrons. The number of unbranched alkanes of at least 4 members (excludes halogenated alkanes) is 13. The number of nitrogens with zero attached hydrogens (tertiary/aromatic N) is 1. The quantitative estimate of drug-likeness (QED) is 0.0672. The molecule has 48 heavy (non-hydrogen) atoms. The smallest absolute Gasteiger partial charge is 0.756 e. The summed E-state index contributed by atoms with van der Waals surface area (Å²) >= 11 is 2.04. The van der Waals surface area contributed by atoms with Crippen molar-refractivity contribution in [2.24, 2.45) is 0 Å². The Hall–Kier alpha value is 0.0600. The molecule has 1 aromatic rings. The van der Waals surface area contributed by atoms with Gasteiger partial charge in [-0.25, -0.2) is 4.79 Å². The largest absolute Gasteiger partial charge is 1.00 e. The Morgan fingerprint density at radius 3 is 2.17 bits per heavy atom. The molecule has 1 aromatic heterocycles. The summed E-state index contributed by atoms with van der Waals surface area (Å²) in [6.45, 7) is 8.47. The van der Waals surface area contributed by atoms with Crippen molar-refractivity contribution in [3.05, 3.63) is 32.6 Å². The second-order valence-corrected chi connectivity index (χ2v) is 15.8. The van der Waals surface area contributed by atoms with Crippen molar-refractivity contribution in [2.45, 2.75) is 173 Å². The van der Waals surface area contributed by atoms with Crippen molar-refractivity contribution in [3.8, 4) is 0 Å². The summed E-state index contributed by atoms with van der Waals surface area (Å²) in [5.41, 5.74) is -0.609. The second-order valence-electron chi connectivity index (χ2n) is 13.1. The van der Waals surface area contributed by atoms with Crippen molar-refractivity contribution >= 4 is 19.6 Å². The number of H-pyrrole nitrogens is 1. The number of aromatic nitrogens is 2. The van der Waals surface area contributed by atoms with Gasteiger partial charge in [-0.2, -0.15) is 11.8 Å². The molecule has 5 atom stereocenters. The zero-order chi connectivity index (χ0) is 34.3. The van der Waals surface area contributed by atoms with Crippen LogP contribution < -0.4 is 45.7 Å². The van der Waals surface area contributed by atoms with Gasteiger partial charge in [0.05, 0.1) is 25.4 Å². The third-order valence-electron chi connectivity index (χ3n) is 8.82. The van der Waals surface area contributed by atoms with Gasteiger partial charge in [0.1, 0.15) is 6.23 Å². The van der Waals surface area contributed by atoms with Crippen LogP contribution in [-0.4, -0.2) is 52.6 Å². The molecule has 1 saturated heterocycles. The van der Waals surface area contributed by atoms with Crippen LogP contribution in [0.5, 0.6) is 0 Å². The minimum Gasteiger partial charge on any atom is -0.756 e. The van der Waals surface area contributed by atoms with Gasteiger partial charge < -0.3 is 23.4 Å². The predicted octanol–water partition coefficient (Wildman–Crippen LogP) is 5.21. The van der Waals surface area contributed by atoms with Gasteiger partial charge in [0.25, 0.3) is 13.4 Å². The minimum absolute atomic E-state index is 0. The van der Waals surface area contributed by atoms with Crippen molar-refractivity contribution in [1.29, 1.82) is 0 Å². The van der Waals surface area contributed by atoms with E-state index in [4.69, 9.17) is 18.5 Å². The van der Waals surface area contributed by atoms with Gasteiger partial charge in [-0.05, 0) is 51.7 Å². The van der Waals surface area contributed by atoms with Gasteiger partial charge in [0.15, 0.2) is 0 Å². The third-order valence-corrected chi connectivity index (χ3v) is 11.4. The maximum Gasteiger partial charge on any atom is 1.00 e. The molecule has 1 aliphatic heterocycles. The van der Waals surface area contributed by atoms with Crippen molar-refractivity contribution in [2.75, 3.05) is 25.6 Å². The molecule has 0 bridgehead atoms. The SMILES string of the molecule is CCCCCCCCCCCCSC(CCCCCCC)C(C)OCCCOP(=O)([O-])OC[C@@H]1CC[C@H](n2cc(C)c(=O)[nH]c2=O)O1.[Na+]. The first-order valence-electron chi connectivity index (χ1n) is 18.5. The van der Waals surface area contributed by atoms with Crippen LogP contribution in [0, 0.1) is 6.92 Å². The standard InChI is InChI=1S/C35H65N2O8PS.Na/c1-5-7-9-11-12-13-14-15-17-19-26-47-32(21-18-16-10-8-6-2)30(4)42-24-20-25-43-46(40,41)44-28-31-22-23-33(45-31)37-27-29(3)34(38)36-35(37)39;/h27,30-33H,5-26,28H2,1-4H3,(H,40,41)(H,36,38,39);/q;+1/p-1/t30?,31-,32?,33+;/m0./s1. The molecular formula is C35H64N2NaO8PS. The minimum atomic E-state index is -4.51. The molecule has 2 heterocycles. The Bertz CT molecular complexity index is 1120. The van der Waals surface area contributed by atoms with Gasteiger partial charge in [0.2, 0.25) is 0 Å². The van der Waals surface area contributed by atoms with Crippen LogP contribution in [0.15, 0.2) is 15.8 Å². The topological polar surface area (TPSA) is 132 Å². The van der Waals surface area contributed by atoms with Crippen LogP contribution in [-0.2, 0) is 23.1 Å². The molecule has 0 saturated carbocycles. The van der Waals surface area contributed by atoms with E-state index in [0.717, 1.165) is 12.2 Å². The first-order valence-corrected chi connectivity index (χ1v) is 21.0. The van der Waals surface area contributed by atoms with Gasteiger partial charge in [-0.1, -0.05) is 104 Å². The average Bonchev–Trinajstić information content (AvgIpc) is 3.52. The van der Waals surface area contributed by atoms with E-state index in [0.29, 0.717) is 36.7 Å². The molecule has 1 N–H and O–H groups in total. The molecule has 13 heteroatoms. The number of phosphoric acid groups is 1. The Morgan fingerprint density at radius 1 is 0.917 bits per heavy atom. The summed E-state index contributed by atoms with van der Waals surface area (Å²) in [4.78, 5) is 38.4. The van der Waals surface area contributed by atoms with E-state index >= 15 is 0 Å². The number of ether oxygens (including phenoxy) is 2. The van der Waals surface area contributed by atoms with Gasteiger partial charge >= 0.3 is 35.2 Å². The molecule has 0 aromatic carbocycles. The third kappa shape index (κ3) is 20.2. The van der Waals surface area contributed by atoms with E-state index in [1.165, 1.54) is 107 Å². The molecule has 0 radical (unpaired) electrons. The molecule has 0 aliphatic carbocycles. The van der Waals surface area contributed by atoms with Crippen LogP contribution in [0.4, 0.5) is 0 Å². The van der Waals surface area contributed by atoms with E-state index in [1.807, 2.05) is 11.8 Å². The van der Waals surface area contributed by atoms with Gasteiger partial charge in [-0.15, -0.1) is 0 Å². The molecule has 0 spiro atoms. The second kappa shape index (κ2) is 27.7. The molecule has 2 rings (SSSR count). The summed E-state index contributed by atoms with van der Waals surface area (Å²) < 4.78 is 35.8. The van der Waals surface area contributed by atoms with Crippen molar-refractivity contribution in [3.63, 3.8) is 0 Å². The number of hydrogen-bond donors (Lipinski definition) is 1. The van der Waals surface area contributed by atoms with E-state index in [-0.39, 0.29) is 48.9 Å². The number of thioether (sulfide) groups is 1. The summed E-state index contributed by atoms with van der Waals surface area (Å²) in [6.07, 6.45) is 22.8. The predicted molar refractivity (Wildman–Crippen MR) is 190 cm³/mol. The van der Waals surface area contributed by atoms with E-state index < -0.39 is 31.4 Å². The monoisotopic (exact) mass is 726 g/mol. The Balaban J connectivity index is 0.0000115. The van der Waals surface area contributed by atoms with Gasteiger partial charge in [-0.3, -0.25) is 18.9 Å². The van der Waals surface area contributed by atoms with Crippen LogP contribution in [0.2, 0.25) is 0 Å². The maximum atomic E-state index is 12.3. The normalized spacial score (nSPS) is 18.8. The Kier molecular flexibility index (Phi) is 26.6. The number of aromatic amines is 1. The Labute approximate surface area is 316 Å². The van der Waals surface area contributed by atoms with E-state index in [9.17, 15) is 19.0 Å². The maximum absolute atomic E-state index is 12.3. The zero-order valence-electron chi connectivity index (χ0n) is 30.7. The first kappa shape index (κ1) is 46.1. The fraction of sp³-hybridized carbons (Fsp3) is 0.886. The van der Waals surface area contributed by atoms with Crippen LogP contribution >= 0.6 is 19.6 Å². The first-order chi connectivity index (χ1) is 22.7. The number of nitrogens with one attached hydrogen (secondary N) is 1. The molecule has 10 nitrogen and oxygen atoms in total. The van der Waals surface area contributed by atoms with Crippen molar-refractivity contribution in [1.82, 2.24) is 9.55 Å². The molecular weight excluding hydrogens is 662 g/mol. The molecule has 1 aliphatic rings. The number of phosphoric ester groups is 1. The number of aryl methyl sites for hydroxylation is 1. The summed E-state index contributed by atoms with van der Waals surface area (Å²) in [6, 6.07) is 0. The molecule has 1 fully saturated rings. The van der Waals surface area contributed by atoms with Crippen LogP contribution in [0.25, 0.3) is 0 Å². The fourth-order valence-corrected chi connectivity index (χ4v) is 8.00. The number of rotatable bonds is 29. The van der Waals surface area contributed by atoms with E-state index in [1.54, 1.807) is 6.92 Å². The molecule has 0 amide bonds. The fourth-order valence-electron chi connectivity index (χ4n) is 5.86. The molecule has 3 unspecified atom stereocenters. The summed E-state index contributed by atoms with van der Waals surface area (Å²) in [7, 11) is -4.51. The summed E-state index contributed by atoms with van der Waals surface area (Å²) in [5, 5.41) is 0.441. The summed E-state index contributed by atoms with van der Waals surface area (Å²) in [5.74, 6) is 1.16.